The number of aromatic carboxylic acids is 2. The van der Waals surface area contributed by atoms with Gasteiger partial charge in [-0.25, -0.2) is 9.59 Å². The second-order valence-corrected chi connectivity index (χ2v) is 8.44. The molecule has 0 aliphatic rings. The SMILES string of the molecule is O=C(O)c1cccc(Oc2cccc(-c3cccc(Oc4cccc(C(=O)O)c4)c3-c3ccccc3)c2)c1. The highest BCUT2D eigenvalue weighted by Gasteiger charge is 2.16. The third-order valence-electron chi connectivity index (χ3n) is 5.86. The van der Waals surface area contributed by atoms with Gasteiger partial charge in [-0.2, -0.15) is 0 Å². The molecule has 0 unspecified atom stereocenters. The number of benzene rings is 5. The van der Waals surface area contributed by atoms with Crippen LogP contribution in [0, 0.1) is 0 Å². The fourth-order valence-electron chi connectivity index (χ4n) is 4.13. The van der Waals surface area contributed by atoms with Gasteiger partial charge in [0.05, 0.1) is 11.1 Å². The Morgan fingerprint density at radius 1 is 0.500 bits per heavy atom. The van der Waals surface area contributed by atoms with E-state index in [1.54, 1.807) is 30.3 Å². The Labute approximate surface area is 219 Å². The molecule has 6 nitrogen and oxygen atoms in total. The summed E-state index contributed by atoms with van der Waals surface area (Å²) in [6.45, 7) is 0. The van der Waals surface area contributed by atoms with Crippen LogP contribution in [0.1, 0.15) is 20.7 Å². The maximum Gasteiger partial charge on any atom is 0.335 e. The molecule has 0 aliphatic carbocycles. The molecular weight excluding hydrogens is 480 g/mol. The number of rotatable bonds is 8. The molecule has 0 atom stereocenters. The van der Waals surface area contributed by atoms with E-state index in [1.807, 2.05) is 66.7 Å². The Balaban J connectivity index is 1.56. The van der Waals surface area contributed by atoms with Gasteiger partial charge in [0.2, 0.25) is 0 Å². The predicted molar refractivity (Wildman–Crippen MR) is 144 cm³/mol. The zero-order valence-corrected chi connectivity index (χ0v) is 20.1. The lowest BCUT2D eigenvalue weighted by Gasteiger charge is -2.17. The predicted octanol–water partition coefficient (Wildman–Crippen LogP) is 8.00. The van der Waals surface area contributed by atoms with E-state index in [9.17, 15) is 19.8 Å². The van der Waals surface area contributed by atoms with Gasteiger partial charge >= 0.3 is 11.9 Å². The van der Waals surface area contributed by atoms with Crippen molar-refractivity contribution < 1.29 is 29.3 Å². The molecule has 0 aromatic heterocycles. The maximum atomic E-state index is 11.5. The highest BCUT2D eigenvalue weighted by Crippen LogP contribution is 2.42. The molecule has 0 fully saturated rings. The van der Waals surface area contributed by atoms with Crippen molar-refractivity contribution in [2.24, 2.45) is 0 Å². The van der Waals surface area contributed by atoms with Crippen LogP contribution < -0.4 is 9.47 Å². The van der Waals surface area contributed by atoms with Crippen molar-refractivity contribution in [2.75, 3.05) is 0 Å². The number of carboxylic acid groups (broad SMARTS) is 2. The number of hydrogen-bond acceptors (Lipinski definition) is 4. The summed E-state index contributed by atoms with van der Waals surface area (Å²) in [5.74, 6) is -0.114. The van der Waals surface area contributed by atoms with Gasteiger partial charge in [0.15, 0.2) is 0 Å². The quantitative estimate of drug-likeness (QED) is 0.223. The van der Waals surface area contributed by atoms with Crippen LogP contribution in [-0.4, -0.2) is 22.2 Å². The topological polar surface area (TPSA) is 93.1 Å². The minimum Gasteiger partial charge on any atom is -0.478 e. The van der Waals surface area contributed by atoms with Crippen LogP contribution in [0.2, 0.25) is 0 Å². The molecule has 5 aromatic carbocycles. The first-order valence-corrected chi connectivity index (χ1v) is 11.8. The maximum absolute atomic E-state index is 11.5. The van der Waals surface area contributed by atoms with Gasteiger partial charge < -0.3 is 19.7 Å². The Hall–Kier alpha value is -5.36. The normalized spacial score (nSPS) is 10.5. The van der Waals surface area contributed by atoms with Gasteiger partial charge in [0.25, 0.3) is 0 Å². The number of ether oxygens (including phenoxy) is 2. The van der Waals surface area contributed by atoms with Crippen molar-refractivity contribution in [1.82, 2.24) is 0 Å². The van der Waals surface area contributed by atoms with Crippen molar-refractivity contribution in [2.45, 2.75) is 0 Å². The molecule has 0 saturated carbocycles. The second kappa shape index (κ2) is 10.7. The first-order valence-electron chi connectivity index (χ1n) is 11.8. The van der Waals surface area contributed by atoms with Crippen molar-refractivity contribution >= 4 is 11.9 Å². The molecule has 5 rings (SSSR count). The monoisotopic (exact) mass is 502 g/mol. The van der Waals surface area contributed by atoms with Crippen molar-refractivity contribution in [3.8, 4) is 45.3 Å². The summed E-state index contributed by atoms with van der Waals surface area (Å²) in [5, 5.41) is 18.7. The number of carboxylic acids is 2. The summed E-state index contributed by atoms with van der Waals surface area (Å²) in [6, 6.07) is 35.7. The highest BCUT2D eigenvalue weighted by molar-refractivity contribution is 5.90. The average Bonchev–Trinajstić information content (AvgIpc) is 2.94. The third kappa shape index (κ3) is 5.39. The molecule has 0 amide bonds. The van der Waals surface area contributed by atoms with Gasteiger partial charge in [0, 0.05) is 5.56 Å². The standard InChI is InChI=1S/C32H22O6/c33-31(34)23-11-5-14-26(19-23)37-25-13-4-10-22(18-25)28-16-7-17-29(30(28)21-8-2-1-3-9-21)38-27-15-6-12-24(20-27)32(35)36/h1-20H,(H,33,34)(H,35,36). The summed E-state index contributed by atoms with van der Waals surface area (Å²) < 4.78 is 12.2. The molecule has 186 valence electrons. The molecule has 0 heterocycles. The van der Waals surface area contributed by atoms with Gasteiger partial charge in [-0.15, -0.1) is 0 Å². The highest BCUT2D eigenvalue weighted by atomic mass is 16.5. The largest absolute Gasteiger partial charge is 0.478 e. The number of hydrogen-bond donors (Lipinski definition) is 2. The molecular formula is C32H22O6. The van der Waals surface area contributed by atoms with E-state index in [2.05, 4.69) is 0 Å². The Morgan fingerprint density at radius 2 is 1.03 bits per heavy atom. The summed E-state index contributed by atoms with van der Waals surface area (Å²) >= 11 is 0. The van der Waals surface area contributed by atoms with Crippen LogP contribution in [0.25, 0.3) is 22.3 Å². The Morgan fingerprint density at radius 3 is 1.66 bits per heavy atom. The lowest BCUT2D eigenvalue weighted by molar-refractivity contribution is 0.0686. The van der Waals surface area contributed by atoms with Gasteiger partial charge in [-0.3, -0.25) is 0 Å². The van der Waals surface area contributed by atoms with Gasteiger partial charge in [0.1, 0.15) is 23.0 Å². The van der Waals surface area contributed by atoms with Crippen LogP contribution in [0.15, 0.2) is 121 Å². The van der Waals surface area contributed by atoms with E-state index in [0.29, 0.717) is 23.0 Å². The fourth-order valence-corrected chi connectivity index (χ4v) is 4.13. The first-order chi connectivity index (χ1) is 18.5. The smallest absolute Gasteiger partial charge is 0.335 e. The lowest BCUT2D eigenvalue weighted by atomic mass is 9.93. The Kier molecular flexibility index (Phi) is 6.87. The summed E-state index contributed by atoms with van der Waals surface area (Å²) in [7, 11) is 0. The van der Waals surface area contributed by atoms with Crippen LogP contribution in [-0.2, 0) is 0 Å². The molecule has 38 heavy (non-hydrogen) atoms. The zero-order valence-electron chi connectivity index (χ0n) is 20.1. The molecule has 0 spiro atoms. The van der Waals surface area contributed by atoms with E-state index in [4.69, 9.17) is 9.47 Å². The van der Waals surface area contributed by atoms with E-state index in [1.165, 1.54) is 24.3 Å². The number of carbonyl (C=O) groups is 2. The molecule has 6 heteroatoms. The average molecular weight is 503 g/mol. The summed E-state index contributed by atoms with van der Waals surface area (Å²) in [5.41, 5.74) is 3.78. The first kappa shape index (κ1) is 24.3. The van der Waals surface area contributed by atoms with Gasteiger partial charge in [-0.1, -0.05) is 66.7 Å². The minimum atomic E-state index is -1.03. The second-order valence-electron chi connectivity index (χ2n) is 8.44. The van der Waals surface area contributed by atoms with E-state index in [0.717, 1.165) is 22.3 Å². The molecule has 0 saturated heterocycles. The van der Waals surface area contributed by atoms with Crippen LogP contribution >= 0.6 is 0 Å². The molecule has 0 bridgehead atoms. The Bertz CT molecular complexity index is 1620. The van der Waals surface area contributed by atoms with Crippen LogP contribution in [0.3, 0.4) is 0 Å². The zero-order chi connectivity index (χ0) is 26.5. The summed E-state index contributed by atoms with van der Waals surface area (Å²) in [6.07, 6.45) is 0. The van der Waals surface area contributed by atoms with Crippen molar-refractivity contribution in [3.05, 3.63) is 132 Å². The molecule has 2 N–H and O–H groups in total. The minimum absolute atomic E-state index is 0.136. The van der Waals surface area contributed by atoms with Crippen LogP contribution in [0.4, 0.5) is 0 Å². The molecule has 0 radical (unpaired) electrons. The molecule has 0 aliphatic heterocycles. The third-order valence-corrected chi connectivity index (χ3v) is 5.86. The van der Waals surface area contributed by atoms with E-state index < -0.39 is 11.9 Å². The van der Waals surface area contributed by atoms with E-state index in [-0.39, 0.29) is 11.1 Å². The van der Waals surface area contributed by atoms with Crippen molar-refractivity contribution in [3.63, 3.8) is 0 Å². The molecule has 5 aromatic rings. The fraction of sp³-hybridized carbons (Fsp3) is 0. The lowest BCUT2D eigenvalue weighted by Crippen LogP contribution is -1.97. The van der Waals surface area contributed by atoms with Crippen LogP contribution in [0.5, 0.6) is 23.0 Å². The van der Waals surface area contributed by atoms with Crippen molar-refractivity contribution in [1.29, 1.82) is 0 Å². The summed E-state index contributed by atoms with van der Waals surface area (Å²) in [4.78, 5) is 22.8. The van der Waals surface area contributed by atoms with Gasteiger partial charge in [-0.05, 0) is 71.3 Å². The van der Waals surface area contributed by atoms with E-state index >= 15 is 0 Å².